The molecule has 2 heteroatoms. The van der Waals surface area contributed by atoms with Gasteiger partial charge in [-0.25, -0.2) is 4.74 Å². The van der Waals surface area contributed by atoms with Crippen LogP contribution in [0.25, 0.3) is 0 Å². The second-order valence-electron chi connectivity index (χ2n) is 5.06. The van der Waals surface area contributed by atoms with E-state index in [0.717, 1.165) is 49.3 Å². The predicted molar refractivity (Wildman–Crippen MR) is 75.6 cm³/mol. The van der Waals surface area contributed by atoms with Crippen molar-refractivity contribution < 1.29 is 4.74 Å². The fourth-order valence-electron chi connectivity index (χ4n) is 2.59. The van der Waals surface area contributed by atoms with Crippen molar-refractivity contribution >= 4 is 5.71 Å². The van der Waals surface area contributed by atoms with Gasteiger partial charge < -0.3 is 5.21 Å². The van der Waals surface area contributed by atoms with E-state index < -0.39 is 0 Å². The SMILES string of the molecule is C=CCC1CCC(=[N+]([O-])Cc2ccccc2)CC1. The number of rotatable bonds is 4. The van der Waals surface area contributed by atoms with E-state index in [1.807, 2.05) is 36.4 Å². The second-order valence-corrected chi connectivity index (χ2v) is 5.06. The van der Waals surface area contributed by atoms with Crippen LogP contribution >= 0.6 is 0 Å². The van der Waals surface area contributed by atoms with E-state index in [0.29, 0.717) is 6.54 Å². The normalized spacial score (nSPS) is 19.6. The van der Waals surface area contributed by atoms with Crippen LogP contribution in [0.3, 0.4) is 0 Å². The highest BCUT2D eigenvalue weighted by Gasteiger charge is 2.21. The van der Waals surface area contributed by atoms with Crippen molar-refractivity contribution in [1.29, 1.82) is 0 Å². The van der Waals surface area contributed by atoms with Crippen molar-refractivity contribution in [3.05, 3.63) is 53.8 Å². The van der Waals surface area contributed by atoms with Crippen LogP contribution in [0.2, 0.25) is 0 Å². The number of hydrogen-bond acceptors (Lipinski definition) is 1. The highest BCUT2D eigenvalue weighted by Crippen LogP contribution is 2.25. The molecule has 1 aliphatic carbocycles. The third kappa shape index (κ3) is 3.46. The fraction of sp³-hybridized carbons (Fsp3) is 0.438. The smallest absolute Gasteiger partial charge is 0.178 e. The van der Waals surface area contributed by atoms with Crippen molar-refractivity contribution in [3.8, 4) is 0 Å². The molecule has 0 heterocycles. The number of nitrogens with zero attached hydrogens (tertiary/aromatic N) is 1. The van der Waals surface area contributed by atoms with Crippen LogP contribution in [0.5, 0.6) is 0 Å². The highest BCUT2D eigenvalue weighted by atomic mass is 16.5. The first-order valence-electron chi connectivity index (χ1n) is 6.73. The van der Waals surface area contributed by atoms with Gasteiger partial charge >= 0.3 is 0 Å². The average molecular weight is 243 g/mol. The summed E-state index contributed by atoms with van der Waals surface area (Å²) in [6, 6.07) is 9.96. The molecule has 0 saturated heterocycles. The third-order valence-electron chi connectivity index (χ3n) is 3.70. The van der Waals surface area contributed by atoms with Gasteiger partial charge in [-0.15, -0.1) is 6.58 Å². The van der Waals surface area contributed by atoms with Gasteiger partial charge in [-0.05, 0) is 25.2 Å². The molecule has 0 unspecified atom stereocenters. The molecule has 1 aliphatic rings. The summed E-state index contributed by atoms with van der Waals surface area (Å²) in [4.78, 5) is 0. The van der Waals surface area contributed by atoms with E-state index >= 15 is 0 Å². The van der Waals surface area contributed by atoms with Crippen molar-refractivity contribution in [2.24, 2.45) is 5.92 Å². The van der Waals surface area contributed by atoms with Gasteiger partial charge in [-0.3, -0.25) is 0 Å². The van der Waals surface area contributed by atoms with Gasteiger partial charge in [0.2, 0.25) is 0 Å². The molecule has 1 aromatic rings. The molecule has 0 spiro atoms. The lowest BCUT2D eigenvalue weighted by Crippen LogP contribution is -2.22. The van der Waals surface area contributed by atoms with E-state index in [4.69, 9.17) is 0 Å². The fourth-order valence-corrected chi connectivity index (χ4v) is 2.59. The Bertz CT molecular complexity index is 412. The standard InChI is InChI=1S/C16H21NO/c1-2-6-14-9-11-16(12-10-14)17(18)13-15-7-4-3-5-8-15/h2-5,7-8,14H,1,6,9-13H2. The van der Waals surface area contributed by atoms with E-state index in [1.54, 1.807) is 0 Å². The summed E-state index contributed by atoms with van der Waals surface area (Å²) in [6.07, 6.45) is 7.26. The van der Waals surface area contributed by atoms with Crippen molar-refractivity contribution in [2.45, 2.75) is 38.6 Å². The van der Waals surface area contributed by atoms with E-state index in [2.05, 4.69) is 6.58 Å². The van der Waals surface area contributed by atoms with E-state index in [-0.39, 0.29) is 0 Å². The second kappa shape index (κ2) is 6.39. The zero-order chi connectivity index (χ0) is 12.8. The number of allylic oxidation sites excluding steroid dienone is 1. The molecular formula is C16H21NO. The van der Waals surface area contributed by atoms with Crippen LogP contribution in [0.1, 0.15) is 37.7 Å². The molecule has 0 N–H and O–H groups in total. The molecule has 1 saturated carbocycles. The summed E-state index contributed by atoms with van der Waals surface area (Å²) < 4.78 is 1.19. The summed E-state index contributed by atoms with van der Waals surface area (Å²) in [7, 11) is 0. The Kier molecular flexibility index (Phi) is 4.57. The molecule has 0 aromatic heterocycles. The van der Waals surface area contributed by atoms with Crippen LogP contribution < -0.4 is 0 Å². The van der Waals surface area contributed by atoms with Gasteiger partial charge in [-0.2, -0.15) is 0 Å². The van der Waals surface area contributed by atoms with Crippen LogP contribution in [0.15, 0.2) is 43.0 Å². The maximum Gasteiger partial charge on any atom is 0.178 e. The maximum absolute atomic E-state index is 12.1. The first-order valence-corrected chi connectivity index (χ1v) is 6.73. The lowest BCUT2D eigenvalue weighted by atomic mass is 9.86. The van der Waals surface area contributed by atoms with Gasteiger partial charge in [-0.1, -0.05) is 36.4 Å². The minimum Gasteiger partial charge on any atom is -0.624 e. The lowest BCUT2D eigenvalue weighted by Gasteiger charge is -2.22. The third-order valence-corrected chi connectivity index (χ3v) is 3.70. The molecule has 0 radical (unpaired) electrons. The minimum atomic E-state index is 0.488. The Balaban J connectivity index is 1.94. The quantitative estimate of drug-likeness (QED) is 0.341. The average Bonchev–Trinajstić information content (AvgIpc) is 2.41. The summed E-state index contributed by atoms with van der Waals surface area (Å²) in [5, 5.41) is 12.1. The predicted octanol–water partition coefficient (Wildman–Crippen LogP) is 3.90. The maximum atomic E-state index is 12.1. The topological polar surface area (TPSA) is 26.1 Å². The van der Waals surface area contributed by atoms with Gasteiger partial charge in [0.1, 0.15) is 0 Å². The molecule has 0 atom stereocenters. The van der Waals surface area contributed by atoms with Crippen molar-refractivity contribution in [3.63, 3.8) is 0 Å². The molecule has 2 nitrogen and oxygen atoms in total. The largest absolute Gasteiger partial charge is 0.624 e. The Hall–Kier alpha value is -1.57. The molecule has 1 fully saturated rings. The molecular weight excluding hydrogens is 222 g/mol. The highest BCUT2D eigenvalue weighted by molar-refractivity contribution is 5.80. The summed E-state index contributed by atoms with van der Waals surface area (Å²) >= 11 is 0. The van der Waals surface area contributed by atoms with Crippen LogP contribution in [0.4, 0.5) is 0 Å². The Morgan fingerprint density at radius 1 is 1.22 bits per heavy atom. The van der Waals surface area contributed by atoms with Crippen molar-refractivity contribution in [2.75, 3.05) is 0 Å². The summed E-state index contributed by atoms with van der Waals surface area (Å²) in [5.74, 6) is 0.733. The summed E-state index contributed by atoms with van der Waals surface area (Å²) in [5.41, 5.74) is 2.16. The Labute approximate surface area is 109 Å². The number of hydrogen-bond donors (Lipinski definition) is 0. The van der Waals surface area contributed by atoms with Crippen LogP contribution in [-0.4, -0.2) is 10.5 Å². The molecule has 1 aromatic carbocycles. The molecule has 96 valence electrons. The lowest BCUT2D eigenvalue weighted by molar-refractivity contribution is -0.478. The van der Waals surface area contributed by atoms with Crippen LogP contribution in [0, 0.1) is 11.1 Å². The number of benzene rings is 1. The van der Waals surface area contributed by atoms with Crippen molar-refractivity contribution in [1.82, 2.24) is 0 Å². The first kappa shape index (κ1) is 12.9. The molecule has 18 heavy (non-hydrogen) atoms. The Morgan fingerprint density at radius 2 is 1.89 bits per heavy atom. The monoisotopic (exact) mass is 243 g/mol. The molecule has 0 aliphatic heterocycles. The van der Waals surface area contributed by atoms with Gasteiger partial charge in [0.05, 0.1) is 0 Å². The van der Waals surface area contributed by atoms with E-state index in [9.17, 15) is 5.21 Å². The van der Waals surface area contributed by atoms with Gasteiger partial charge in [0, 0.05) is 18.4 Å². The minimum absolute atomic E-state index is 0.488. The number of hydroxylamine groups is 1. The molecule has 2 rings (SSSR count). The first-order chi connectivity index (χ1) is 8.79. The van der Waals surface area contributed by atoms with Gasteiger partial charge in [0.15, 0.2) is 12.3 Å². The molecule has 0 bridgehead atoms. The summed E-state index contributed by atoms with van der Waals surface area (Å²) in [6.45, 7) is 4.27. The zero-order valence-electron chi connectivity index (χ0n) is 10.8. The van der Waals surface area contributed by atoms with Gasteiger partial charge in [0.25, 0.3) is 0 Å². The van der Waals surface area contributed by atoms with Crippen LogP contribution in [-0.2, 0) is 6.54 Å². The van der Waals surface area contributed by atoms with E-state index in [1.165, 1.54) is 4.74 Å². The zero-order valence-corrected chi connectivity index (χ0v) is 10.8. The Morgan fingerprint density at radius 3 is 2.50 bits per heavy atom. The molecule has 0 amide bonds.